The molecule has 0 radical (unpaired) electrons. The summed E-state index contributed by atoms with van der Waals surface area (Å²) in [7, 11) is -3.62. The molecule has 0 saturated heterocycles. The zero-order valence-corrected chi connectivity index (χ0v) is 10.5. The van der Waals surface area contributed by atoms with Crippen LogP contribution in [0.5, 0.6) is 0 Å². The van der Waals surface area contributed by atoms with Gasteiger partial charge < -0.3 is 9.05 Å². The molecule has 0 rings (SSSR count). The summed E-state index contributed by atoms with van der Waals surface area (Å²) in [5, 5.41) is 0. The summed E-state index contributed by atoms with van der Waals surface area (Å²) in [5.74, 6) is 0.407. The van der Waals surface area contributed by atoms with Gasteiger partial charge in [0.1, 0.15) is 0 Å². The number of hydrogen-bond acceptors (Lipinski definition) is 3. The average molecular weight is 235 g/mol. The Labute approximate surface area is 90.2 Å². The second-order valence-corrected chi connectivity index (χ2v) is 5.66. The Morgan fingerprint density at radius 1 is 1.20 bits per heavy atom. The maximum atomic E-state index is 11.8. The summed E-state index contributed by atoms with van der Waals surface area (Å²) in [6.45, 7) is 8.11. The minimum Gasteiger partial charge on any atom is -0.304 e. The Morgan fingerprint density at radius 2 is 1.60 bits per heavy atom. The molecule has 7 heteroatoms. The normalized spacial score (nSPS) is 11.9. The maximum Gasteiger partial charge on any atom is 0.420 e. The minimum absolute atomic E-state index is 0.204. The van der Waals surface area contributed by atoms with Crippen LogP contribution in [0.2, 0.25) is 0 Å². The van der Waals surface area contributed by atoms with Gasteiger partial charge in [-0.2, -0.15) is 0 Å². The Bertz CT molecular complexity index is 258. The van der Waals surface area contributed by atoms with Crippen molar-refractivity contribution in [3.63, 3.8) is 0 Å². The molecule has 0 spiro atoms. The van der Waals surface area contributed by atoms with Crippen LogP contribution >= 0.6 is 7.75 Å². The van der Waals surface area contributed by atoms with E-state index < -0.39 is 7.75 Å². The van der Waals surface area contributed by atoms with E-state index in [0.29, 0.717) is 0 Å². The standard InChI is InChI=1S/C8H18N3O3P/c1-7(2)5-13-15(12,11-10-9)14-6-8(3)4/h7-8H,5-6H2,1-4H3. The first-order chi connectivity index (χ1) is 6.89. The first-order valence-corrected chi connectivity index (χ1v) is 6.35. The molecular formula is C8H18N3O3P. The highest BCUT2D eigenvalue weighted by molar-refractivity contribution is 7.52. The van der Waals surface area contributed by atoms with Gasteiger partial charge in [-0.25, -0.2) is 0 Å². The van der Waals surface area contributed by atoms with Crippen molar-refractivity contribution in [2.24, 2.45) is 16.7 Å². The molecule has 0 fully saturated rings. The van der Waals surface area contributed by atoms with Gasteiger partial charge in [-0.1, -0.05) is 27.7 Å². The van der Waals surface area contributed by atoms with Gasteiger partial charge in [0.2, 0.25) is 0 Å². The summed E-state index contributed by atoms with van der Waals surface area (Å²) in [5.41, 5.74) is 8.26. The van der Waals surface area contributed by atoms with E-state index in [1.807, 2.05) is 27.7 Å². The Balaban J connectivity index is 4.32. The van der Waals surface area contributed by atoms with Gasteiger partial charge in [0.25, 0.3) is 0 Å². The third kappa shape index (κ3) is 7.40. The number of nitrogens with zero attached hydrogens (tertiary/aromatic N) is 3. The third-order valence-corrected chi connectivity index (χ3v) is 2.54. The molecule has 0 aromatic carbocycles. The fourth-order valence-corrected chi connectivity index (χ4v) is 1.87. The van der Waals surface area contributed by atoms with Crippen molar-refractivity contribution in [3.8, 4) is 0 Å². The quantitative estimate of drug-likeness (QED) is 0.291. The van der Waals surface area contributed by atoms with Crippen LogP contribution in [0.3, 0.4) is 0 Å². The molecule has 88 valence electrons. The molecule has 0 amide bonds. The van der Waals surface area contributed by atoms with Crippen molar-refractivity contribution in [1.82, 2.24) is 0 Å². The van der Waals surface area contributed by atoms with E-state index in [-0.39, 0.29) is 25.0 Å². The molecule has 0 N–H and O–H groups in total. The lowest BCUT2D eigenvalue weighted by Crippen LogP contribution is -2.04. The summed E-state index contributed by atoms with van der Waals surface area (Å²) < 4.78 is 21.7. The van der Waals surface area contributed by atoms with Gasteiger partial charge in [0, 0.05) is 9.80 Å². The lowest BCUT2D eigenvalue weighted by Gasteiger charge is -2.15. The highest BCUT2D eigenvalue weighted by Gasteiger charge is 2.23. The van der Waals surface area contributed by atoms with Crippen molar-refractivity contribution >= 4 is 7.75 Å². The summed E-state index contributed by atoms with van der Waals surface area (Å²) >= 11 is 0. The topological polar surface area (TPSA) is 84.3 Å². The molecule has 0 aliphatic carbocycles. The Kier molecular flexibility index (Phi) is 6.61. The molecule has 15 heavy (non-hydrogen) atoms. The molecule has 0 aromatic heterocycles. The smallest absolute Gasteiger partial charge is 0.304 e. The highest BCUT2D eigenvalue weighted by atomic mass is 31.2. The lowest BCUT2D eigenvalue weighted by atomic mass is 10.2. The molecule has 0 aromatic rings. The monoisotopic (exact) mass is 235 g/mol. The van der Waals surface area contributed by atoms with E-state index in [1.54, 1.807) is 0 Å². The van der Waals surface area contributed by atoms with Gasteiger partial charge in [-0.15, -0.1) is 0 Å². The third-order valence-electron chi connectivity index (χ3n) is 1.29. The molecule has 0 unspecified atom stereocenters. The molecule has 6 nitrogen and oxygen atoms in total. The number of hydrogen-bond donors (Lipinski definition) is 0. The number of azide groups is 1. The van der Waals surface area contributed by atoms with E-state index in [0.717, 1.165) is 0 Å². The van der Waals surface area contributed by atoms with E-state index in [9.17, 15) is 4.57 Å². The van der Waals surface area contributed by atoms with Gasteiger partial charge >= 0.3 is 7.75 Å². The van der Waals surface area contributed by atoms with Crippen molar-refractivity contribution in [1.29, 1.82) is 0 Å². The van der Waals surface area contributed by atoms with Crippen LogP contribution < -0.4 is 0 Å². The van der Waals surface area contributed by atoms with Crippen LogP contribution in [0.4, 0.5) is 0 Å². The average Bonchev–Trinajstić information content (AvgIpc) is 2.13. The van der Waals surface area contributed by atoms with Crippen LogP contribution in [-0.2, 0) is 13.6 Å². The van der Waals surface area contributed by atoms with Crippen LogP contribution in [0.1, 0.15) is 27.7 Å². The van der Waals surface area contributed by atoms with Crippen LogP contribution in [-0.4, -0.2) is 13.2 Å². The fraction of sp³-hybridized carbons (Fsp3) is 1.00. The van der Waals surface area contributed by atoms with Gasteiger partial charge in [0.05, 0.1) is 13.2 Å². The van der Waals surface area contributed by atoms with Crippen LogP contribution in [0, 0.1) is 11.8 Å². The van der Waals surface area contributed by atoms with Crippen LogP contribution in [0.25, 0.3) is 10.4 Å². The number of rotatable bonds is 7. The van der Waals surface area contributed by atoms with Gasteiger partial charge in [-0.3, -0.25) is 4.57 Å². The molecule has 0 heterocycles. The maximum absolute atomic E-state index is 11.8. The fourth-order valence-electron chi connectivity index (χ4n) is 0.624. The van der Waals surface area contributed by atoms with E-state index in [1.165, 1.54) is 0 Å². The zero-order valence-electron chi connectivity index (χ0n) is 9.58. The van der Waals surface area contributed by atoms with Crippen LogP contribution in [0.15, 0.2) is 4.88 Å². The highest BCUT2D eigenvalue weighted by Crippen LogP contribution is 2.50. The minimum atomic E-state index is -3.62. The first-order valence-electron chi connectivity index (χ1n) is 4.85. The molecular weight excluding hydrogens is 217 g/mol. The van der Waals surface area contributed by atoms with Crippen molar-refractivity contribution < 1.29 is 13.6 Å². The van der Waals surface area contributed by atoms with Crippen molar-refractivity contribution in [3.05, 3.63) is 10.4 Å². The molecule has 0 aliphatic heterocycles. The van der Waals surface area contributed by atoms with Crippen molar-refractivity contribution in [2.75, 3.05) is 13.2 Å². The second-order valence-electron chi connectivity index (χ2n) is 4.03. The van der Waals surface area contributed by atoms with E-state index in [2.05, 4.69) is 9.80 Å². The Morgan fingerprint density at radius 3 is 1.87 bits per heavy atom. The Hall–Kier alpha value is -0.540. The van der Waals surface area contributed by atoms with Crippen molar-refractivity contribution in [2.45, 2.75) is 27.7 Å². The van der Waals surface area contributed by atoms with E-state index >= 15 is 0 Å². The molecule has 0 bridgehead atoms. The predicted octanol–water partition coefficient (Wildman–Crippen LogP) is 3.75. The summed E-state index contributed by atoms with van der Waals surface area (Å²) in [6.07, 6.45) is 0. The SMILES string of the molecule is CC(C)COP(=O)(N=[N+]=[N-])OCC(C)C. The van der Waals surface area contributed by atoms with Gasteiger partial charge in [0.15, 0.2) is 0 Å². The largest absolute Gasteiger partial charge is 0.420 e. The lowest BCUT2D eigenvalue weighted by molar-refractivity contribution is 0.173. The molecule has 0 atom stereocenters. The summed E-state index contributed by atoms with van der Waals surface area (Å²) in [4.78, 5) is 5.57. The zero-order chi connectivity index (χ0) is 11.9. The predicted molar refractivity (Wildman–Crippen MR) is 58.3 cm³/mol. The molecule has 0 saturated carbocycles. The second kappa shape index (κ2) is 6.85. The van der Waals surface area contributed by atoms with E-state index in [4.69, 9.17) is 14.6 Å². The molecule has 0 aliphatic rings. The first kappa shape index (κ1) is 14.5. The van der Waals surface area contributed by atoms with Gasteiger partial charge in [-0.05, 0) is 17.4 Å². The summed E-state index contributed by atoms with van der Waals surface area (Å²) in [6, 6.07) is 0.